The first-order chi connectivity index (χ1) is 9.97. The molecule has 120 valence electrons. The number of sulfonamides is 1. The Bertz CT molecular complexity index is 563. The number of aryl methyl sites for hydroxylation is 1. The lowest BCUT2D eigenvalue weighted by atomic mass is 9.96. The number of thioether (sulfide) groups is 1. The molecule has 0 atom stereocenters. The van der Waals surface area contributed by atoms with E-state index in [0.29, 0.717) is 17.4 Å². The Morgan fingerprint density at radius 2 is 2.00 bits per heavy atom. The van der Waals surface area contributed by atoms with E-state index < -0.39 is 10.0 Å². The third kappa shape index (κ3) is 4.00. The van der Waals surface area contributed by atoms with E-state index in [2.05, 4.69) is 26.5 Å². The molecule has 0 unspecified atom stereocenters. The van der Waals surface area contributed by atoms with Crippen molar-refractivity contribution in [3.63, 3.8) is 0 Å². The van der Waals surface area contributed by atoms with Crippen molar-refractivity contribution in [2.24, 2.45) is 0 Å². The van der Waals surface area contributed by atoms with Gasteiger partial charge < -0.3 is 5.32 Å². The predicted octanol–water partition coefficient (Wildman–Crippen LogP) is 1.39. The minimum absolute atomic E-state index is 0.0258. The Labute approximate surface area is 130 Å². The van der Waals surface area contributed by atoms with Crippen molar-refractivity contribution < 1.29 is 8.42 Å². The average Bonchev–Trinajstić information content (AvgIpc) is 2.82. The lowest BCUT2D eigenvalue weighted by Gasteiger charge is -2.27. The molecule has 1 aliphatic rings. The van der Waals surface area contributed by atoms with Crippen molar-refractivity contribution in [2.45, 2.75) is 55.5 Å². The van der Waals surface area contributed by atoms with Crippen LogP contribution >= 0.6 is 11.8 Å². The van der Waals surface area contributed by atoms with E-state index in [-0.39, 0.29) is 11.1 Å². The van der Waals surface area contributed by atoms with Gasteiger partial charge in [-0.3, -0.25) is 5.10 Å². The monoisotopic (exact) mass is 332 g/mol. The van der Waals surface area contributed by atoms with Crippen molar-refractivity contribution in [2.75, 3.05) is 13.3 Å². The molecule has 0 saturated heterocycles. The second-order valence-corrected chi connectivity index (χ2v) is 8.26. The zero-order valence-electron chi connectivity index (χ0n) is 12.8. The molecule has 2 rings (SSSR count). The molecule has 0 aromatic carbocycles. The fourth-order valence-electron chi connectivity index (χ4n) is 2.73. The Kier molecular flexibility index (Phi) is 5.70. The van der Waals surface area contributed by atoms with Gasteiger partial charge in [-0.2, -0.15) is 16.9 Å². The third-order valence-electron chi connectivity index (χ3n) is 3.97. The average molecular weight is 332 g/mol. The summed E-state index contributed by atoms with van der Waals surface area (Å²) < 4.78 is 27.9. The summed E-state index contributed by atoms with van der Waals surface area (Å²) >= 11 is 1.87. The molecule has 21 heavy (non-hydrogen) atoms. The summed E-state index contributed by atoms with van der Waals surface area (Å²) in [6, 6.07) is 0.0258. The van der Waals surface area contributed by atoms with E-state index in [1.54, 1.807) is 7.05 Å². The van der Waals surface area contributed by atoms with Gasteiger partial charge in [-0.1, -0.05) is 0 Å². The van der Waals surface area contributed by atoms with Gasteiger partial charge in [-0.15, -0.1) is 0 Å². The first-order valence-electron chi connectivity index (χ1n) is 7.21. The molecule has 0 spiro atoms. The smallest absolute Gasteiger partial charge is 0.260 e. The van der Waals surface area contributed by atoms with Crippen LogP contribution in [-0.4, -0.2) is 43.2 Å². The highest BCUT2D eigenvalue weighted by Gasteiger charge is 2.29. The highest BCUT2D eigenvalue weighted by atomic mass is 32.2. The SMILES string of the molecule is CNCc1c(S(=O)(=O)NC2CCC(SC)CC2)n[nH]c1C. The molecule has 6 nitrogen and oxygen atoms in total. The molecule has 0 radical (unpaired) electrons. The molecule has 1 aromatic rings. The van der Waals surface area contributed by atoms with Crippen molar-refractivity contribution in [3.05, 3.63) is 11.3 Å². The van der Waals surface area contributed by atoms with Gasteiger partial charge in [0.25, 0.3) is 10.0 Å². The van der Waals surface area contributed by atoms with Gasteiger partial charge >= 0.3 is 0 Å². The van der Waals surface area contributed by atoms with Crippen LogP contribution in [0.2, 0.25) is 0 Å². The first kappa shape index (κ1) is 16.8. The number of nitrogens with zero attached hydrogens (tertiary/aromatic N) is 1. The zero-order chi connectivity index (χ0) is 15.5. The number of hydrogen-bond donors (Lipinski definition) is 3. The molecule has 1 aromatic heterocycles. The Morgan fingerprint density at radius 1 is 1.33 bits per heavy atom. The quantitative estimate of drug-likeness (QED) is 0.733. The van der Waals surface area contributed by atoms with Crippen LogP contribution < -0.4 is 10.0 Å². The van der Waals surface area contributed by atoms with Crippen molar-refractivity contribution in [1.82, 2.24) is 20.2 Å². The fourth-order valence-corrected chi connectivity index (χ4v) is 4.97. The van der Waals surface area contributed by atoms with Crippen LogP contribution in [0.4, 0.5) is 0 Å². The van der Waals surface area contributed by atoms with E-state index in [4.69, 9.17) is 0 Å². The van der Waals surface area contributed by atoms with Crippen LogP contribution in [0.25, 0.3) is 0 Å². The van der Waals surface area contributed by atoms with Gasteiger partial charge in [0.05, 0.1) is 0 Å². The molecule has 8 heteroatoms. The number of aromatic nitrogens is 2. The minimum atomic E-state index is -3.56. The molecule has 0 bridgehead atoms. The van der Waals surface area contributed by atoms with Crippen molar-refractivity contribution >= 4 is 21.8 Å². The Hall–Kier alpha value is -0.570. The summed E-state index contributed by atoms with van der Waals surface area (Å²) in [5, 5.41) is 10.5. The third-order valence-corrected chi connectivity index (χ3v) is 6.60. The molecule has 1 saturated carbocycles. The fraction of sp³-hybridized carbons (Fsp3) is 0.769. The topological polar surface area (TPSA) is 86.9 Å². The van der Waals surface area contributed by atoms with Gasteiger partial charge in [0, 0.05) is 29.1 Å². The number of H-pyrrole nitrogens is 1. The lowest BCUT2D eigenvalue weighted by Crippen LogP contribution is -2.38. The number of hydrogen-bond acceptors (Lipinski definition) is 5. The predicted molar refractivity (Wildman–Crippen MR) is 86.0 cm³/mol. The van der Waals surface area contributed by atoms with Gasteiger partial charge in [-0.05, 0) is 45.9 Å². The summed E-state index contributed by atoms with van der Waals surface area (Å²) in [5.41, 5.74) is 1.50. The summed E-state index contributed by atoms with van der Waals surface area (Å²) in [6.07, 6.45) is 6.05. The minimum Gasteiger partial charge on any atom is -0.316 e. The largest absolute Gasteiger partial charge is 0.316 e. The molecule has 0 aliphatic heterocycles. The van der Waals surface area contributed by atoms with E-state index in [1.807, 2.05) is 18.7 Å². The highest BCUT2D eigenvalue weighted by molar-refractivity contribution is 7.99. The van der Waals surface area contributed by atoms with Gasteiger partial charge in [-0.25, -0.2) is 13.1 Å². The van der Waals surface area contributed by atoms with Gasteiger partial charge in [0.1, 0.15) is 0 Å². The normalized spacial score (nSPS) is 23.4. The van der Waals surface area contributed by atoms with Crippen LogP contribution in [0.5, 0.6) is 0 Å². The Balaban J connectivity index is 2.09. The van der Waals surface area contributed by atoms with Crippen LogP contribution in [0, 0.1) is 6.92 Å². The molecule has 3 N–H and O–H groups in total. The van der Waals surface area contributed by atoms with Crippen LogP contribution in [0.3, 0.4) is 0 Å². The summed E-state index contributed by atoms with van der Waals surface area (Å²) in [5.74, 6) is 0. The molecular weight excluding hydrogens is 308 g/mol. The van der Waals surface area contributed by atoms with E-state index in [0.717, 1.165) is 31.4 Å². The highest BCUT2D eigenvalue weighted by Crippen LogP contribution is 2.28. The second-order valence-electron chi connectivity index (χ2n) is 5.49. The maximum atomic E-state index is 12.5. The molecule has 0 amide bonds. The van der Waals surface area contributed by atoms with E-state index >= 15 is 0 Å². The molecule has 1 fully saturated rings. The summed E-state index contributed by atoms with van der Waals surface area (Å²) in [4.78, 5) is 0. The Morgan fingerprint density at radius 3 is 2.57 bits per heavy atom. The number of aromatic amines is 1. The van der Waals surface area contributed by atoms with Gasteiger partial charge in [0.2, 0.25) is 0 Å². The lowest BCUT2D eigenvalue weighted by molar-refractivity contribution is 0.419. The first-order valence-corrected chi connectivity index (χ1v) is 9.98. The van der Waals surface area contributed by atoms with E-state index in [1.165, 1.54) is 0 Å². The maximum absolute atomic E-state index is 12.5. The van der Waals surface area contributed by atoms with Crippen LogP contribution in [-0.2, 0) is 16.6 Å². The summed E-state index contributed by atoms with van der Waals surface area (Å²) in [7, 11) is -1.76. The summed E-state index contributed by atoms with van der Waals surface area (Å²) in [6.45, 7) is 2.32. The second kappa shape index (κ2) is 7.13. The van der Waals surface area contributed by atoms with Crippen LogP contribution in [0.15, 0.2) is 5.03 Å². The van der Waals surface area contributed by atoms with Gasteiger partial charge in [0.15, 0.2) is 5.03 Å². The number of rotatable bonds is 6. The van der Waals surface area contributed by atoms with E-state index in [9.17, 15) is 8.42 Å². The molecule has 1 aliphatic carbocycles. The maximum Gasteiger partial charge on any atom is 0.260 e. The molecular formula is C13H24N4O2S2. The van der Waals surface area contributed by atoms with Crippen molar-refractivity contribution in [1.29, 1.82) is 0 Å². The number of nitrogens with one attached hydrogen (secondary N) is 3. The molecule has 1 heterocycles. The zero-order valence-corrected chi connectivity index (χ0v) is 14.4. The standard InChI is InChI=1S/C13H24N4O2S2/c1-9-12(8-14-2)13(16-15-9)21(18,19)17-10-4-6-11(20-3)7-5-10/h10-11,14,17H,4-8H2,1-3H3,(H,15,16). The van der Waals surface area contributed by atoms with Crippen LogP contribution in [0.1, 0.15) is 36.9 Å². The van der Waals surface area contributed by atoms with Crippen molar-refractivity contribution in [3.8, 4) is 0 Å².